The Labute approximate surface area is 92.6 Å². The molecule has 0 bridgehead atoms. The smallest absolute Gasteiger partial charge is 0.310 e. The first-order valence-electron chi connectivity index (χ1n) is 5.03. The van der Waals surface area contributed by atoms with Crippen molar-refractivity contribution in [1.29, 1.82) is 0 Å². The summed E-state index contributed by atoms with van der Waals surface area (Å²) >= 11 is 1.45. The third-order valence-electron chi connectivity index (χ3n) is 2.73. The Bertz CT molecular complexity index is 364. The first-order valence-corrected chi connectivity index (χ1v) is 5.91. The van der Waals surface area contributed by atoms with E-state index in [9.17, 15) is 4.79 Å². The summed E-state index contributed by atoms with van der Waals surface area (Å²) in [6.07, 6.45) is 2.38. The van der Waals surface area contributed by atoms with Crippen molar-refractivity contribution >= 4 is 17.3 Å². The summed E-state index contributed by atoms with van der Waals surface area (Å²) in [6, 6.07) is 0.392. The number of likely N-dealkylation sites (tertiary alicyclic amines) is 1. The van der Waals surface area contributed by atoms with Gasteiger partial charge in [0.1, 0.15) is 5.01 Å². The fourth-order valence-corrected chi connectivity index (χ4v) is 2.80. The summed E-state index contributed by atoms with van der Waals surface area (Å²) in [5, 5.41) is 11.3. The summed E-state index contributed by atoms with van der Waals surface area (Å²) in [5.74, 6) is -0.810. The van der Waals surface area contributed by atoms with Gasteiger partial charge in [-0.15, -0.1) is 11.3 Å². The van der Waals surface area contributed by atoms with E-state index in [0.29, 0.717) is 11.0 Å². The lowest BCUT2D eigenvalue weighted by atomic mass is 10.2. The molecule has 0 aliphatic carbocycles. The Morgan fingerprint density at radius 1 is 1.80 bits per heavy atom. The quantitative estimate of drug-likeness (QED) is 0.849. The number of aromatic nitrogens is 1. The van der Waals surface area contributed by atoms with Crippen molar-refractivity contribution in [3.63, 3.8) is 0 Å². The molecule has 2 rings (SSSR count). The molecule has 1 aromatic heterocycles. The Balaban J connectivity index is 2.09. The van der Waals surface area contributed by atoms with Gasteiger partial charge < -0.3 is 5.11 Å². The minimum Gasteiger partial charge on any atom is -0.481 e. The molecule has 5 heteroatoms. The highest BCUT2D eigenvalue weighted by Gasteiger charge is 2.24. The molecule has 0 spiro atoms. The molecule has 1 saturated heterocycles. The van der Waals surface area contributed by atoms with Crippen molar-refractivity contribution in [3.05, 3.63) is 16.1 Å². The van der Waals surface area contributed by atoms with Gasteiger partial charge in [-0.2, -0.15) is 0 Å². The molecular weight excluding hydrogens is 212 g/mol. The largest absolute Gasteiger partial charge is 0.481 e. The minimum atomic E-state index is -0.810. The van der Waals surface area contributed by atoms with E-state index in [-0.39, 0.29) is 6.42 Å². The second-order valence-electron chi connectivity index (χ2n) is 3.88. The van der Waals surface area contributed by atoms with Crippen LogP contribution in [0, 0.1) is 0 Å². The summed E-state index contributed by atoms with van der Waals surface area (Å²) < 4.78 is 0. The topological polar surface area (TPSA) is 53.4 Å². The van der Waals surface area contributed by atoms with Crippen molar-refractivity contribution in [3.8, 4) is 0 Å². The van der Waals surface area contributed by atoms with E-state index in [0.717, 1.165) is 18.7 Å². The van der Waals surface area contributed by atoms with Gasteiger partial charge in [0.05, 0.1) is 18.2 Å². The van der Waals surface area contributed by atoms with Crippen LogP contribution in [-0.4, -0.2) is 34.6 Å². The molecule has 1 aliphatic rings. The van der Waals surface area contributed by atoms with Crippen LogP contribution in [0.4, 0.5) is 0 Å². The second-order valence-corrected chi connectivity index (χ2v) is 4.82. The average molecular weight is 226 g/mol. The molecule has 0 aromatic carbocycles. The van der Waals surface area contributed by atoms with Gasteiger partial charge in [-0.25, -0.2) is 4.98 Å². The van der Waals surface area contributed by atoms with Crippen molar-refractivity contribution in [2.45, 2.75) is 25.3 Å². The molecule has 0 saturated carbocycles. The normalized spacial score (nSPS) is 22.1. The number of carbonyl (C=O) groups is 1. The van der Waals surface area contributed by atoms with Crippen LogP contribution in [0.2, 0.25) is 0 Å². The summed E-state index contributed by atoms with van der Waals surface area (Å²) in [7, 11) is 2.09. The van der Waals surface area contributed by atoms with Crippen LogP contribution in [0.1, 0.15) is 29.6 Å². The monoisotopic (exact) mass is 226 g/mol. The van der Waals surface area contributed by atoms with Gasteiger partial charge in [0.25, 0.3) is 0 Å². The fraction of sp³-hybridized carbons (Fsp3) is 0.600. The Hall–Kier alpha value is -0.940. The minimum absolute atomic E-state index is 0.0428. The van der Waals surface area contributed by atoms with Crippen LogP contribution in [0.25, 0.3) is 0 Å². The highest BCUT2D eigenvalue weighted by Crippen LogP contribution is 2.30. The van der Waals surface area contributed by atoms with Crippen molar-refractivity contribution in [2.75, 3.05) is 13.6 Å². The van der Waals surface area contributed by atoms with Crippen molar-refractivity contribution < 1.29 is 9.90 Å². The first-order chi connectivity index (χ1) is 7.16. The zero-order valence-electron chi connectivity index (χ0n) is 8.64. The first kappa shape index (κ1) is 10.6. The van der Waals surface area contributed by atoms with Crippen LogP contribution in [0.15, 0.2) is 5.38 Å². The van der Waals surface area contributed by atoms with E-state index in [1.54, 1.807) is 0 Å². The Morgan fingerprint density at radius 2 is 2.60 bits per heavy atom. The van der Waals surface area contributed by atoms with E-state index in [2.05, 4.69) is 16.9 Å². The van der Waals surface area contributed by atoms with E-state index < -0.39 is 5.97 Å². The summed E-state index contributed by atoms with van der Waals surface area (Å²) in [5.41, 5.74) is 1.04. The summed E-state index contributed by atoms with van der Waals surface area (Å²) in [4.78, 5) is 17.2. The van der Waals surface area contributed by atoms with E-state index >= 15 is 0 Å². The number of hydrogen-bond donors (Lipinski definition) is 1. The van der Waals surface area contributed by atoms with Gasteiger partial charge in [0.2, 0.25) is 0 Å². The highest BCUT2D eigenvalue weighted by molar-refractivity contribution is 7.09. The number of hydrogen-bond acceptors (Lipinski definition) is 4. The number of aliphatic carboxylic acids is 1. The molecule has 1 N–H and O–H groups in total. The SMILES string of the molecule is CN1CCCC1c1csc(CC(=O)O)n1. The predicted octanol–water partition coefficient (Wildman–Crippen LogP) is 1.54. The molecule has 15 heavy (non-hydrogen) atoms. The van der Waals surface area contributed by atoms with Crippen LogP contribution in [-0.2, 0) is 11.2 Å². The summed E-state index contributed by atoms with van der Waals surface area (Å²) in [6.45, 7) is 1.11. The number of carboxylic acid groups (broad SMARTS) is 1. The molecule has 1 aromatic rings. The molecule has 82 valence electrons. The van der Waals surface area contributed by atoms with Crippen molar-refractivity contribution in [1.82, 2.24) is 9.88 Å². The van der Waals surface area contributed by atoms with E-state index in [4.69, 9.17) is 5.11 Å². The van der Waals surface area contributed by atoms with Crippen LogP contribution >= 0.6 is 11.3 Å². The zero-order chi connectivity index (χ0) is 10.8. The van der Waals surface area contributed by atoms with Gasteiger partial charge in [-0.1, -0.05) is 0 Å². The average Bonchev–Trinajstić information content (AvgIpc) is 2.72. The third kappa shape index (κ3) is 2.35. The molecule has 0 amide bonds. The van der Waals surface area contributed by atoms with Crippen LogP contribution in [0.3, 0.4) is 0 Å². The van der Waals surface area contributed by atoms with Gasteiger partial charge in [0, 0.05) is 5.38 Å². The Kier molecular flexibility index (Phi) is 3.02. The van der Waals surface area contributed by atoms with Gasteiger partial charge in [-0.3, -0.25) is 9.69 Å². The molecule has 4 nitrogen and oxygen atoms in total. The predicted molar refractivity (Wildman–Crippen MR) is 58.1 cm³/mol. The lowest BCUT2D eigenvalue weighted by molar-refractivity contribution is -0.136. The van der Waals surface area contributed by atoms with Crippen LogP contribution in [0.5, 0.6) is 0 Å². The van der Waals surface area contributed by atoms with E-state index in [1.807, 2.05) is 5.38 Å². The van der Waals surface area contributed by atoms with Gasteiger partial charge >= 0.3 is 5.97 Å². The molecule has 0 radical (unpaired) electrons. The molecular formula is C10H14N2O2S. The Morgan fingerprint density at radius 3 is 3.20 bits per heavy atom. The van der Waals surface area contributed by atoms with Gasteiger partial charge in [-0.05, 0) is 26.4 Å². The lowest BCUT2D eigenvalue weighted by Gasteiger charge is -2.16. The third-order valence-corrected chi connectivity index (χ3v) is 3.60. The zero-order valence-corrected chi connectivity index (χ0v) is 9.46. The number of nitrogens with zero attached hydrogens (tertiary/aromatic N) is 2. The van der Waals surface area contributed by atoms with Crippen molar-refractivity contribution in [2.24, 2.45) is 0 Å². The molecule has 1 aliphatic heterocycles. The lowest BCUT2D eigenvalue weighted by Crippen LogP contribution is -2.17. The maximum atomic E-state index is 10.5. The highest BCUT2D eigenvalue weighted by atomic mass is 32.1. The van der Waals surface area contributed by atoms with Crippen LogP contribution < -0.4 is 0 Å². The number of thiazole rings is 1. The van der Waals surface area contributed by atoms with E-state index in [1.165, 1.54) is 17.8 Å². The maximum Gasteiger partial charge on any atom is 0.310 e. The molecule has 2 heterocycles. The molecule has 1 unspecified atom stereocenters. The number of carboxylic acids is 1. The number of rotatable bonds is 3. The van der Waals surface area contributed by atoms with Gasteiger partial charge in [0.15, 0.2) is 0 Å². The second kappa shape index (κ2) is 4.28. The fourth-order valence-electron chi connectivity index (χ4n) is 1.97. The molecule has 1 fully saturated rings. The maximum absolute atomic E-state index is 10.5. The standard InChI is InChI=1S/C10H14N2O2S/c1-12-4-2-3-8(12)7-6-15-9(11-7)5-10(13)14/h6,8H,2-5H2,1H3,(H,13,14). The molecule has 1 atom stereocenters.